The second kappa shape index (κ2) is 10.9. The fourth-order valence-corrected chi connectivity index (χ4v) is 4.64. The Balaban J connectivity index is 1.28. The highest BCUT2D eigenvalue weighted by molar-refractivity contribution is 7.88. The van der Waals surface area contributed by atoms with Crippen LogP contribution in [0, 0.1) is 0 Å². The van der Waals surface area contributed by atoms with Gasteiger partial charge in [-0.2, -0.15) is 9.29 Å². The van der Waals surface area contributed by atoms with Crippen LogP contribution >= 0.6 is 0 Å². The van der Waals surface area contributed by atoms with Crippen LogP contribution in [0.3, 0.4) is 0 Å². The number of hydrogen-bond acceptors (Lipinski definition) is 8. The predicted molar refractivity (Wildman–Crippen MR) is 133 cm³/mol. The van der Waals surface area contributed by atoms with Crippen molar-refractivity contribution in [2.45, 2.75) is 12.6 Å². The van der Waals surface area contributed by atoms with Gasteiger partial charge in [0.05, 0.1) is 12.4 Å². The molecule has 0 radical (unpaired) electrons. The van der Waals surface area contributed by atoms with Crippen molar-refractivity contribution in [1.29, 1.82) is 0 Å². The minimum atomic E-state index is -3.11. The van der Waals surface area contributed by atoms with E-state index in [4.69, 9.17) is 0 Å². The largest absolute Gasteiger partial charge is 0.387 e. The molecule has 0 amide bonds. The quantitative estimate of drug-likeness (QED) is 0.427. The van der Waals surface area contributed by atoms with Crippen LogP contribution in [-0.4, -0.2) is 71.7 Å². The molecule has 3 N–H and O–H groups in total. The monoisotopic (exact) mass is 482 g/mol. The first-order valence-electron chi connectivity index (χ1n) is 11.2. The molecule has 0 aliphatic carbocycles. The lowest BCUT2D eigenvalue weighted by atomic mass is 10.1. The van der Waals surface area contributed by atoms with E-state index in [9.17, 15) is 13.5 Å². The van der Waals surface area contributed by atoms with Crippen LogP contribution in [0.2, 0.25) is 0 Å². The Bertz CT molecular complexity index is 1170. The molecule has 2 aromatic carbocycles. The lowest BCUT2D eigenvalue weighted by Gasteiger charge is -2.33. The molecule has 1 atom stereocenters. The molecule has 0 spiro atoms. The van der Waals surface area contributed by atoms with Crippen molar-refractivity contribution in [2.24, 2.45) is 0 Å². The van der Waals surface area contributed by atoms with Gasteiger partial charge in [0.1, 0.15) is 5.82 Å². The number of rotatable bonds is 9. The summed E-state index contributed by atoms with van der Waals surface area (Å²) in [6.07, 6.45) is 2.30. The highest BCUT2D eigenvalue weighted by Gasteiger charge is 2.23. The third kappa shape index (κ3) is 6.73. The van der Waals surface area contributed by atoms with Gasteiger partial charge in [0.15, 0.2) is 0 Å². The van der Waals surface area contributed by atoms with Crippen molar-refractivity contribution in [3.8, 4) is 0 Å². The maximum absolute atomic E-state index is 11.7. The van der Waals surface area contributed by atoms with Crippen LogP contribution in [0.1, 0.15) is 17.2 Å². The number of anilines is 3. The van der Waals surface area contributed by atoms with Crippen LogP contribution in [0.4, 0.5) is 17.5 Å². The summed E-state index contributed by atoms with van der Waals surface area (Å²) in [5, 5.41) is 16.7. The van der Waals surface area contributed by atoms with Crippen molar-refractivity contribution >= 4 is 27.5 Å². The molecule has 9 nitrogen and oxygen atoms in total. The van der Waals surface area contributed by atoms with Gasteiger partial charge in [-0.3, -0.25) is 4.90 Å². The van der Waals surface area contributed by atoms with Crippen molar-refractivity contribution in [3.63, 3.8) is 0 Å². The van der Waals surface area contributed by atoms with E-state index in [0.29, 0.717) is 31.4 Å². The average Bonchev–Trinajstić information content (AvgIpc) is 2.84. The first-order chi connectivity index (χ1) is 16.4. The number of hydrogen-bond donors (Lipinski definition) is 3. The smallest absolute Gasteiger partial charge is 0.229 e. The summed E-state index contributed by atoms with van der Waals surface area (Å²) in [5.74, 6) is 1.08. The molecule has 10 heteroatoms. The third-order valence-corrected chi connectivity index (χ3v) is 7.04. The van der Waals surface area contributed by atoms with Crippen LogP contribution in [0.15, 0.2) is 66.9 Å². The standard InChI is InChI=1S/C24H30N6O3S/c1-34(32,33)30-15-13-29(14-16-30)18-19-7-9-21(10-8-19)27-24-25-12-11-23(28-24)26-17-22(31)20-5-3-2-4-6-20/h2-12,22,31H,13-18H2,1H3,(H2,25,26,27,28). The number of nitrogens with one attached hydrogen (secondary N) is 2. The van der Waals surface area contributed by atoms with Gasteiger partial charge in [0, 0.05) is 51.2 Å². The second-order valence-electron chi connectivity index (χ2n) is 8.33. The molecule has 1 unspecified atom stereocenters. The number of nitrogens with zero attached hydrogens (tertiary/aromatic N) is 4. The molecule has 1 aromatic heterocycles. The number of aliphatic hydroxyl groups excluding tert-OH is 1. The van der Waals surface area contributed by atoms with Gasteiger partial charge in [0.25, 0.3) is 0 Å². The van der Waals surface area contributed by atoms with Gasteiger partial charge in [-0.05, 0) is 29.3 Å². The molecule has 180 valence electrons. The molecular weight excluding hydrogens is 452 g/mol. The van der Waals surface area contributed by atoms with E-state index in [0.717, 1.165) is 36.4 Å². The van der Waals surface area contributed by atoms with Crippen LogP contribution < -0.4 is 10.6 Å². The van der Waals surface area contributed by atoms with Crippen LogP contribution in [0.25, 0.3) is 0 Å². The zero-order valence-electron chi connectivity index (χ0n) is 19.1. The van der Waals surface area contributed by atoms with Gasteiger partial charge in [-0.25, -0.2) is 13.4 Å². The van der Waals surface area contributed by atoms with E-state index in [1.165, 1.54) is 10.6 Å². The SMILES string of the molecule is CS(=O)(=O)N1CCN(Cc2ccc(Nc3nccc(NCC(O)c4ccccc4)n3)cc2)CC1. The molecule has 1 saturated heterocycles. The first-order valence-corrected chi connectivity index (χ1v) is 13.0. The summed E-state index contributed by atoms with van der Waals surface area (Å²) in [5.41, 5.74) is 2.87. The molecule has 0 bridgehead atoms. The van der Waals surface area contributed by atoms with Gasteiger partial charge >= 0.3 is 0 Å². The van der Waals surface area contributed by atoms with Gasteiger partial charge in [-0.15, -0.1) is 0 Å². The van der Waals surface area contributed by atoms with Crippen LogP contribution in [0.5, 0.6) is 0 Å². The zero-order chi connectivity index (χ0) is 24.0. The van der Waals surface area contributed by atoms with Crippen molar-refractivity contribution < 1.29 is 13.5 Å². The maximum Gasteiger partial charge on any atom is 0.229 e. The Morgan fingerprint density at radius 1 is 1.00 bits per heavy atom. The fraction of sp³-hybridized carbons (Fsp3) is 0.333. The maximum atomic E-state index is 11.7. The minimum absolute atomic E-state index is 0.341. The lowest BCUT2D eigenvalue weighted by Crippen LogP contribution is -2.47. The molecule has 1 fully saturated rings. The molecule has 1 aliphatic rings. The first kappa shape index (κ1) is 24.1. The molecule has 1 aliphatic heterocycles. The molecule has 4 rings (SSSR count). The van der Waals surface area contributed by atoms with Crippen molar-refractivity contribution in [1.82, 2.24) is 19.2 Å². The Labute approximate surface area is 200 Å². The summed E-state index contributed by atoms with van der Waals surface area (Å²) in [6, 6.07) is 19.3. The van der Waals surface area contributed by atoms with Gasteiger partial charge in [-0.1, -0.05) is 42.5 Å². The van der Waals surface area contributed by atoms with E-state index < -0.39 is 16.1 Å². The van der Waals surface area contributed by atoms with E-state index >= 15 is 0 Å². The Kier molecular flexibility index (Phi) is 7.73. The predicted octanol–water partition coefficient (Wildman–Crippen LogP) is 2.44. The highest BCUT2D eigenvalue weighted by Crippen LogP contribution is 2.18. The van der Waals surface area contributed by atoms with E-state index in [-0.39, 0.29) is 0 Å². The highest BCUT2D eigenvalue weighted by atomic mass is 32.2. The topological polar surface area (TPSA) is 111 Å². The number of aliphatic hydroxyl groups is 1. The van der Waals surface area contributed by atoms with E-state index in [1.807, 2.05) is 54.6 Å². The molecular formula is C24H30N6O3S. The van der Waals surface area contributed by atoms with Crippen molar-refractivity contribution in [2.75, 3.05) is 49.6 Å². The summed E-state index contributed by atoms with van der Waals surface area (Å²) < 4.78 is 24.8. The molecule has 3 aromatic rings. The third-order valence-electron chi connectivity index (χ3n) is 5.73. The minimum Gasteiger partial charge on any atom is -0.387 e. The fourth-order valence-electron chi connectivity index (χ4n) is 3.81. The number of benzene rings is 2. The zero-order valence-corrected chi connectivity index (χ0v) is 19.9. The summed E-state index contributed by atoms with van der Waals surface area (Å²) in [6.45, 7) is 3.62. The molecule has 0 saturated carbocycles. The average molecular weight is 483 g/mol. The van der Waals surface area contributed by atoms with Crippen LogP contribution in [-0.2, 0) is 16.6 Å². The summed E-state index contributed by atoms with van der Waals surface area (Å²) in [4.78, 5) is 11.0. The summed E-state index contributed by atoms with van der Waals surface area (Å²) in [7, 11) is -3.11. The number of aromatic nitrogens is 2. The lowest BCUT2D eigenvalue weighted by molar-refractivity contribution is 0.182. The van der Waals surface area contributed by atoms with Gasteiger partial charge < -0.3 is 15.7 Å². The van der Waals surface area contributed by atoms with E-state index in [1.54, 1.807) is 12.3 Å². The molecule has 2 heterocycles. The Morgan fingerprint density at radius 2 is 1.71 bits per heavy atom. The normalized spacial score (nSPS) is 16.2. The van der Waals surface area contributed by atoms with Crippen molar-refractivity contribution in [3.05, 3.63) is 78.0 Å². The Hall–Kier alpha value is -3.05. The summed E-state index contributed by atoms with van der Waals surface area (Å²) >= 11 is 0. The van der Waals surface area contributed by atoms with E-state index in [2.05, 4.69) is 25.5 Å². The molecule has 34 heavy (non-hydrogen) atoms. The second-order valence-corrected chi connectivity index (χ2v) is 10.3. The number of piperazine rings is 1. The van der Waals surface area contributed by atoms with Gasteiger partial charge in [0.2, 0.25) is 16.0 Å². The Morgan fingerprint density at radius 3 is 2.38 bits per heavy atom. The number of sulfonamides is 1.